The molecule has 1 aliphatic heterocycles. The molecule has 2 rings (SSSR count). The minimum atomic E-state index is -3.36. The summed E-state index contributed by atoms with van der Waals surface area (Å²) in [6, 6.07) is 2.12. The molecule has 0 unspecified atom stereocenters. The molecule has 0 spiro atoms. The Labute approximate surface area is 120 Å². The molecular formula is C11H17BrN2O2S2. The monoisotopic (exact) mass is 352 g/mol. The van der Waals surface area contributed by atoms with Gasteiger partial charge in [-0.2, -0.15) is 0 Å². The van der Waals surface area contributed by atoms with Crippen molar-refractivity contribution in [2.75, 3.05) is 13.1 Å². The molecule has 1 aliphatic rings. The quantitative estimate of drug-likeness (QED) is 0.854. The van der Waals surface area contributed by atoms with Crippen molar-refractivity contribution in [2.24, 2.45) is 0 Å². The zero-order valence-corrected chi connectivity index (χ0v) is 13.4. The van der Waals surface area contributed by atoms with Gasteiger partial charge >= 0.3 is 0 Å². The third kappa shape index (κ3) is 3.54. The van der Waals surface area contributed by atoms with Gasteiger partial charge in [0.05, 0.1) is 8.68 Å². The number of thiophene rings is 1. The Morgan fingerprint density at radius 2 is 2.39 bits per heavy atom. The van der Waals surface area contributed by atoms with Gasteiger partial charge in [-0.3, -0.25) is 0 Å². The molecule has 1 fully saturated rings. The minimum Gasteiger partial charge on any atom is -0.314 e. The molecular weight excluding hydrogens is 336 g/mol. The van der Waals surface area contributed by atoms with E-state index in [2.05, 4.69) is 26.0 Å². The van der Waals surface area contributed by atoms with Crippen molar-refractivity contribution in [3.63, 3.8) is 0 Å². The number of aryl methyl sites for hydroxylation is 1. The highest BCUT2D eigenvalue weighted by atomic mass is 79.9. The molecule has 18 heavy (non-hydrogen) atoms. The fraction of sp³-hybridized carbons (Fsp3) is 0.636. The molecule has 4 nitrogen and oxygen atoms in total. The van der Waals surface area contributed by atoms with Crippen molar-refractivity contribution in [2.45, 2.75) is 37.1 Å². The van der Waals surface area contributed by atoms with Gasteiger partial charge in [0, 0.05) is 17.5 Å². The van der Waals surface area contributed by atoms with Crippen LogP contribution < -0.4 is 10.0 Å². The lowest BCUT2D eigenvalue weighted by molar-refractivity contribution is 0.539. The predicted octanol–water partition coefficient (Wildman–Crippen LogP) is 2.24. The Kier molecular flexibility index (Phi) is 4.82. The summed E-state index contributed by atoms with van der Waals surface area (Å²) in [7, 11) is -3.36. The Bertz CT molecular complexity index is 507. The van der Waals surface area contributed by atoms with Crippen LogP contribution in [0.15, 0.2) is 14.7 Å². The van der Waals surface area contributed by atoms with Crippen LogP contribution in [0.5, 0.6) is 0 Å². The van der Waals surface area contributed by atoms with Crippen molar-refractivity contribution < 1.29 is 8.42 Å². The van der Waals surface area contributed by atoms with Gasteiger partial charge in [0.15, 0.2) is 0 Å². The van der Waals surface area contributed by atoms with E-state index in [0.717, 1.165) is 28.0 Å². The van der Waals surface area contributed by atoms with Crippen molar-refractivity contribution >= 4 is 37.3 Å². The third-order valence-electron chi connectivity index (χ3n) is 3.08. The molecule has 0 aromatic carbocycles. The Morgan fingerprint density at radius 3 is 2.94 bits per heavy atom. The average molecular weight is 353 g/mol. The van der Waals surface area contributed by atoms with E-state index in [1.54, 1.807) is 6.07 Å². The second-order valence-electron chi connectivity index (χ2n) is 4.45. The van der Waals surface area contributed by atoms with Crippen LogP contribution in [0.4, 0.5) is 0 Å². The fourth-order valence-electron chi connectivity index (χ4n) is 2.15. The molecule has 1 atom stereocenters. The van der Waals surface area contributed by atoms with Crippen LogP contribution in [-0.4, -0.2) is 27.5 Å². The molecule has 0 amide bonds. The number of hydrogen-bond donors (Lipinski definition) is 2. The SMILES string of the molecule is Cc1sc(Br)cc1S(=O)(=O)NCC[C@H]1CCCN1. The summed E-state index contributed by atoms with van der Waals surface area (Å²) in [6.45, 7) is 3.36. The largest absolute Gasteiger partial charge is 0.314 e. The van der Waals surface area contributed by atoms with Crippen molar-refractivity contribution in [1.82, 2.24) is 10.0 Å². The molecule has 2 heterocycles. The van der Waals surface area contributed by atoms with Crippen molar-refractivity contribution in [3.05, 3.63) is 14.7 Å². The van der Waals surface area contributed by atoms with E-state index >= 15 is 0 Å². The highest BCUT2D eigenvalue weighted by Crippen LogP contribution is 2.29. The lowest BCUT2D eigenvalue weighted by Gasteiger charge is -2.11. The summed E-state index contributed by atoms with van der Waals surface area (Å²) in [5, 5.41) is 3.36. The Morgan fingerprint density at radius 1 is 1.61 bits per heavy atom. The van der Waals surface area contributed by atoms with Gasteiger partial charge in [-0.25, -0.2) is 13.1 Å². The number of halogens is 1. The maximum Gasteiger partial charge on any atom is 0.241 e. The lowest BCUT2D eigenvalue weighted by Crippen LogP contribution is -2.30. The first-order chi connectivity index (χ1) is 8.49. The van der Waals surface area contributed by atoms with Gasteiger partial charge in [0.2, 0.25) is 10.0 Å². The van der Waals surface area contributed by atoms with Crippen LogP contribution in [-0.2, 0) is 10.0 Å². The molecule has 0 bridgehead atoms. The molecule has 102 valence electrons. The predicted molar refractivity (Wildman–Crippen MR) is 77.6 cm³/mol. The zero-order valence-electron chi connectivity index (χ0n) is 10.2. The van der Waals surface area contributed by atoms with Crippen molar-refractivity contribution in [1.29, 1.82) is 0 Å². The minimum absolute atomic E-state index is 0.388. The van der Waals surface area contributed by atoms with E-state index in [0.29, 0.717) is 17.5 Å². The standard InChI is InChI=1S/C11H17BrN2O2S2/c1-8-10(7-11(12)17-8)18(15,16)14-6-4-9-3-2-5-13-9/h7,9,13-14H,2-6H2,1H3/t9-/m1/s1. The van der Waals surface area contributed by atoms with Gasteiger partial charge in [0.25, 0.3) is 0 Å². The van der Waals surface area contributed by atoms with Gasteiger partial charge in [-0.1, -0.05) is 0 Å². The van der Waals surface area contributed by atoms with E-state index in [-0.39, 0.29) is 0 Å². The average Bonchev–Trinajstić information content (AvgIpc) is 2.88. The van der Waals surface area contributed by atoms with Crippen LogP contribution in [0.2, 0.25) is 0 Å². The summed E-state index contributed by atoms with van der Waals surface area (Å²) in [6.07, 6.45) is 3.18. The maximum absolute atomic E-state index is 12.1. The lowest BCUT2D eigenvalue weighted by atomic mass is 10.2. The summed E-state index contributed by atoms with van der Waals surface area (Å²) < 4.78 is 27.7. The first-order valence-electron chi connectivity index (χ1n) is 5.98. The van der Waals surface area contributed by atoms with Crippen LogP contribution >= 0.6 is 27.3 Å². The number of hydrogen-bond acceptors (Lipinski definition) is 4. The van der Waals surface area contributed by atoms with Crippen LogP contribution in [0, 0.1) is 6.92 Å². The Balaban J connectivity index is 1.93. The molecule has 1 aromatic heterocycles. The van der Waals surface area contributed by atoms with E-state index in [9.17, 15) is 8.42 Å². The maximum atomic E-state index is 12.1. The van der Waals surface area contributed by atoms with Crippen LogP contribution in [0.1, 0.15) is 24.1 Å². The summed E-state index contributed by atoms with van der Waals surface area (Å²) in [5.41, 5.74) is 0. The molecule has 0 saturated carbocycles. The van der Waals surface area contributed by atoms with E-state index in [1.807, 2.05) is 6.92 Å². The normalized spacial score (nSPS) is 20.4. The smallest absolute Gasteiger partial charge is 0.241 e. The van der Waals surface area contributed by atoms with Crippen molar-refractivity contribution in [3.8, 4) is 0 Å². The highest BCUT2D eigenvalue weighted by molar-refractivity contribution is 9.11. The summed E-state index contributed by atoms with van der Waals surface area (Å²) in [4.78, 5) is 1.20. The summed E-state index contributed by atoms with van der Waals surface area (Å²) >= 11 is 4.75. The molecule has 0 aliphatic carbocycles. The fourth-order valence-corrected chi connectivity index (χ4v) is 5.61. The van der Waals surface area contributed by atoms with E-state index in [1.165, 1.54) is 17.8 Å². The van der Waals surface area contributed by atoms with E-state index in [4.69, 9.17) is 0 Å². The zero-order chi connectivity index (χ0) is 13.2. The third-order valence-corrected chi connectivity index (χ3v) is 6.35. The molecule has 0 radical (unpaired) electrons. The number of nitrogens with one attached hydrogen (secondary N) is 2. The van der Waals surface area contributed by atoms with Crippen LogP contribution in [0.25, 0.3) is 0 Å². The molecule has 7 heteroatoms. The second kappa shape index (κ2) is 6.00. The topological polar surface area (TPSA) is 58.2 Å². The van der Waals surface area contributed by atoms with Gasteiger partial charge in [0.1, 0.15) is 0 Å². The van der Waals surface area contributed by atoms with Crippen LogP contribution in [0.3, 0.4) is 0 Å². The Hall–Kier alpha value is 0.0500. The summed E-state index contributed by atoms with van der Waals surface area (Å²) in [5.74, 6) is 0. The number of sulfonamides is 1. The second-order valence-corrected chi connectivity index (χ2v) is 8.82. The highest BCUT2D eigenvalue weighted by Gasteiger charge is 2.20. The molecule has 1 saturated heterocycles. The van der Waals surface area contributed by atoms with Gasteiger partial charge < -0.3 is 5.32 Å². The first kappa shape index (κ1) is 14.5. The first-order valence-corrected chi connectivity index (χ1v) is 9.07. The number of rotatable bonds is 5. The van der Waals surface area contributed by atoms with Gasteiger partial charge in [-0.05, 0) is 54.7 Å². The molecule has 1 aromatic rings. The van der Waals surface area contributed by atoms with E-state index < -0.39 is 10.0 Å². The molecule has 2 N–H and O–H groups in total. The van der Waals surface area contributed by atoms with Gasteiger partial charge in [-0.15, -0.1) is 11.3 Å².